The van der Waals surface area contributed by atoms with Crippen molar-refractivity contribution in [3.63, 3.8) is 0 Å². The van der Waals surface area contributed by atoms with Crippen LogP contribution < -0.4 is 5.73 Å². The van der Waals surface area contributed by atoms with Crippen LogP contribution in [0.2, 0.25) is 0 Å². The quantitative estimate of drug-likeness (QED) is 0.742. The molecule has 2 rings (SSSR count). The van der Waals surface area contributed by atoms with Crippen molar-refractivity contribution in [1.29, 1.82) is 0 Å². The summed E-state index contributed by atoms with van der Waals surface area (Å²) < 4.78 is 0. The molecule has 0 bridgehead atoms. The van der Waals surface area contributed by atoms with Gasteiger partial charge in [-0.15, -0.1) is 11.3 Å². The fourth-order valence-corrected chi connectivity index (χ4v) is 2.47. The van der Waals surface area contributed by atoms with E-state index in [4.69, 9.17) is 5.73 Å². The standard InChI is InChI=1S/C9H13NOS/c10-6-9(11,7-3-4-7)8-2-1-5-12-8/h1-2,5,7,11H,3-4,6,10H2/t9-/m0/s1. The van der Waals surface area contributed by atoms with Crippen molar-refractivity contribution >= 4 is 11.3 Å². The van der Waals surface area contributed by atoms with Crippen molar-refractivity contribution in [2.24, 2.45) is 11.7 Å². The van der Waals surface area contributed by atoms with Crippen LogP contribution in [0, 0.1) is 5.92 Å². The second-order valence-electron chi connectivity index (χ2n) is 3.38. The fraction of sp³-hybridized carbons (Fsp3) is 0.556. The average molecular weight is 183 g/mol. The normalized spacial score (nSPS) is 22.2. The lowest BCUT2D eigenvalue weighted by molar-refractivity contribution is 0.0259. The number of thiophene rings is 1. The molecular formula is C9H13NOS. The number of hydrogen-bond acceptors (Lipinski definition) is 3. The molecule has 1 heterocycles. The topological polar surface area (TPSA) is 46.2 Å². The van der Waals surface area contributed by atoms with E-state index in [-0.39, 0.29) is 0 Å². The highest BCUT2D eigenvalue weighted by Gasteiger charge is 2.44. The number of nitrogens with two attached hydrogens (primary N) is 1. The lowest BCUT2D eigenvalue weighted by atomic mass is 9.96. The maximum atomic E-state index is 10.2. The third kappa shape index (κ3) is 1.18. The fourth-order valence-electron chi connectivity index (χ4n) is 1.55. The molecule has 12 heavy (non-hydrogen) atoms. The molecule has 3 N–H and O–H groups in total. The third-order valence-corrected chi connectivity index (χ3v) is 3.55. The van der Waals surface area contributed by atoms with Gasteiger partial charge in [0.15, 0.2) is 0 Å². The molecule has 1 fully saturated rings. The summed E-state index contributed by atoms with van der Waals surface area (Å²) in [6.07, 6.45) is 2.23. The molecule has 2 nitrogen and oxygen atoms in total. The van der Waals surface area contributed by atoms with Crippen molar-refractivity contribution in [3.05, 3.63) is 22.4 Å². The van der Waals surface area contributed by atoms with Crippen LogP contribution in [0.25, 0.3) is 0 Å². The van der Waals surface area contributed by atoms with E-state index in [1.807, 2.05) is 17.5 Å². The molecule has 3 heteroatoms. The molecule has 0 amide bonds. The van der Waals surface area contributed by atoms with Crippen LogP contribution >= 0.6 is 11.3 Å². The highest BCUT2D eigenvalue weighted by molar-refractivity contribution is 7.10. The van der Waals surface area contributed by atoms with Gasteiger partial charge in [0, 0.05) is 11.4 Å². The molecule has 1 atom stereocenters. The predicted molar refractivity (Wildman–Crippen MR) is 50.0 cm³/mol. The number of rotatable bonds is 3. The van der Waals surface area contributed by atoms with Gasteiger partial charge < -0.3 is 10.8 Å². The minimum Gasteiger partial charge on any atom is -0.383 e. The van der Waals surface area contributed by atoms with E-state index in [0.717, 1.165) is 17.7 Å². The summed E-state index contributed by atoms with van der Waals surface area (Å²) in [4.78, 5) is 1.02. The van der Waals surface area contributed by atoms with Gasteiger partial charge in [0.1, 0.15) is 5.60 Å². The Hall–Kier alpha value is -0.380. The maximum absolute atomic E-state index is 10.2. The van der Waals surface area contributed by atoms with E-state index in [0.29, 0.717) is 12.5 Å². The SMILES string of the molecule is NC[C@@](O)(c1cccs1)C1CC1. The molecule has 0 aromatic carbocycles. The van der Waals surface area contributed by atoms with E-state index in [1.165, 1.54) is 0 Å². The molecule has 1 aromatic heterocycles. The number of aliphatic hydroxyl groups is 1. The Morgan fingerprint density at radius 1 is 1.67 bits per heavy atom. The smallest absolute Gasteiger partial charge is 0.114 e. The second-order valence-corrected chi connectivity index (χ2v) is 4.33. The van der Waals surface area contributed by atoms with Crippen LogP contribution in [0.1, 0.15) is 17.7 Å². The number of hydrogen-bond donors (Lipinski definition) is 2. The Labute approximate surface area is 76.0 Å². The Morgan fingerprint density at radius 3 is 2.83 bits per heavy atom. The van der Waals surface area contributed by atoms with Gasteiger partial charge in [-0.2, -0.15) is 0 Å². The van der Waals surface area contributed by atoms with Gasteiger partial charge >= 0.3 is 0 Å². The molecule has 0 aliphatic heterocycles. The van der Waals surface area contributed by atoms with E-state index >= 15 is 0 Å². The summed E-state index contributed by atoms with van der Waals surface area (Å²) >= 11 is 1.59. The van der Waals surface area contributed by atoms with Crippen LogP contribution in [0.4, 0.5) is 0 Å². The molecule has 0 spiro atoms. The van der Waals surface area contributed by atoms with E-state index in [1.54, 1.807) is 11.3 Å². The Balaban J connectivity index is 2.27. The van der Waals surface area contributed by atoms with Crippen LogP contribution in [0.5, 0.6) is 0 Å². The van der Waals surface area contributed by atoms with Gasteiger partial charge in [0.2, 0.25) is 0 Å². The van der Waals surface area contributed by atoms with Gasteiger partial charge in [-0.3, -0.25) is 0 Å². The zero-order valence-corrected chi connectivity index (χ0v) is 7.68. The summed E-state index contributed by atoms with van der Waals surface area (Å²) in [6, 6.07) is 3.93. The minimum absolute atomic E-state index is 0.345. The molecule has 0 saturated heterocycles. The Bertz CT molecular complexity index is 256. The summed E-state index contributed by atoms with van der Waals surface area (Å²) in [7, 11) is 0. The van der Waals surface area contributed by atoms with Gasteiger partial charge in [-0.05, 0) is 30.2 Å². The van der Waals surface area contributed by atoms with E-state index < -0.39 is 5.60 Å². The van der Waals surface area contributed by atoms with Crippen molar-refractivity contribution in [3.8, 4) is 0 Å². The highest BCUT2D eigenvalue weighted by atomic mass is 32.1. The van der Waals surface area contributed by atoms with Gasteiger partial charge in [-0.25, -0.2) is 0 Å². The molecule has 1 aromatic rings. The zero-order valence-electron chi connectivity index (χ0n) is 6.86. The highest BCUT2D eigenvalue weighted by Crippen LogP contribution is 2.46. The third-order valence-electron chi connectivity index (χ3n) is 2.51. The first-order chi connectivity index (χ1) is 5.77. The monoisotopic (exact) mass is 183 g/mol. The summed E-state index contributed by atoms with van der Waals surface area (Å²) in [5.41, 5.74) is 4.87. The van der Waals surface area contributed by atoms with Gasteiger partial charge in [-0.1, -0.05) is 6.07 Å². The molecule has 66 valence electrons. The first kappa shape index (κ1) is 8.23. The van der Waals surface area contributed by atoms with Crippen LogP contribution in [-0.4, -0.2) is 11.7 Å². The van der Waals surface area contributed by atoms with Crippen molar-refractivity contribution < 1.29 is 5.11 Å². The molecule has 1 aliphatic carbocycles. The van der Waals surface area contributed by atoms with Gasteiger partial charge in [0.05, 0.1) is 0 Å². The molecule has 1 saturated carbocycles. The van der Waals surface area contributed by atoms with Crippen LogP contribution in [-0.2, 0) is 5.60 Å². The van der Waals surface area contributed by atoms with E-state index in [2.05, 4.69) is 0 Å². The van der Waals surface area contributed by atoms with Crippen LogP contribution in [0.15, 0.2) is 17.5 Å². The Kier molecular flexibility index (Phi) is 1.94. The first-order valence-electron chi connectivity index (χ1n) is 4.24. The summed E-state index contributed by atoms with van der Waals surface area (Å²) in [6.45, 7) is 0.345. The lowest BCUT2D eigenvalue weighted by Crippen LogP contribution is -2.36. The van der Waals surface area contributed by atoms with Crippen LogP contribution in [0.3, 0.4) is 0 Å². The van der Waals surface area contributed by atoms with Crippen molar-refractivity contribution in [2.75, 3.05) is 6.54 Å². The summed E-state index contributed by atoms with van der Waals surface area (Å²) in [5.74, 6) is 0.404. The Morgan fingerprint density at radius 2 is 2.42 bits per heavy atom. The molecule has 0 unspecified atom stereocenters. The molecule has 0 radical (unpaired) electrons. The average Bonchev–Trinajstić information content (AvgIpc) is 2.80. The first-order valence-corrected chi connectivity index (χ1v) is 5.12. The molecule has 1 aliphatic rings. The predicted octanol–water partition coefficient (Wildman–Crippen LogP) is 1.30. The minimum atomic E-state index is -0.728. The second kappa shape index (κ2) is 2.83. The molecular weight excluding hydrogens is 170 g/mol. The zero-order chi connectivity index (χ0) is 8.60. The van der Waals surface area contributed by atoms with Crippen molar-refractivity contribution in [2.45, 2.75) is 18.4 Å². The maximum Gasteiger partial charge on any atom is 0.114 e. The summed E-state index contributed by atoms with van der Waals surface area (Å²) in [5, 5.41) is 12.2. The van der Waals surface area contributed by atoms with Gasteiger partial charge in [0.25, 0.3) is 0 Å². The van der Waals surface area contributed by atoms with Crippen molar-refractivity contribution in [1.82, 2.24) is 0 Å². The lowest BCUT2D eigenvalue weighted by Gasteiger charge is -2.24. The van der Waals surface area contributed by atoms with E-state index in [9.17, 15) is 5.11 Å². The largest absolute Gasteiger partial charge is 0.383 e.